The molecule has 2 fully saturated rings. The Morgan fingerprint density at radius 1 is 1.10 bits per heavy atom. The van der Waals surface area contributed by atoms with E-state index in [0.717, 1.165) is 27.2 Å². The van der Waals surface area contributed by atoms with Gasteiger partial charge in [0.1, 0.15) is 15.5 Å². The molecule has 1 saturated carbocycles. The normalized spacial score (nSPS) is 18.1. The second kappa shape index (κ2) is 6.92. The maximum absolute atomic E-state index is 13.1. The van der Waals surface area contributed by atoms with E-state index >= 15 is 0 Å². The predicted octanol–water partition coefficient (Wildman–Crippen LogP) is 2.42. The van der Waals surface area contributed by atoms with Gasteiger partial charge in [0.2, 0.25) is 0 Å². The highest BCUT2D eigenvalue weighted by Gasteiger charge is 2.50. The number of nitrogens with zero attached hydrogens (tertiary/aromatic N) is 4. The molecule has 7 nitrogen and oxygen atoms in total. The molecule has 0 spiro atoms. The minimum atomic E-state index is -1.14. The topological polar surface area (TPSA) is 78.7 Å². The van der Waals surface area contributed by atoms with Gasteiger partial charge in [0.05, 0.1) is 5.69 Å². The Kier molecular flexibility index (Phi) is 4.44. The molecule has 2 aromatic heterocycles. The largest absolute Gasteiger partial charge is 0.380 e. The van der Waals surface area contributed by atoms with E-state index in [1.54, 1.807) is 9.80 Å². The van der Waals surface area contributed by atoms with Gasteiger partial charge >= 0.3 is 0 Å². The lowest BCUT2D eigenvalue weighted by Gasteiger charge is -2.35. The van der Waals surface area contributed by atoms with Crippen LogP contribution < -0.4 is 0 Å². The van der Waals surface area contributed by atoms with Crippen LogP contribution in [0, 0.1) is 6.92 Å². The van der Waals surface area contributed by atoms with E-state index in [9.17, 15) is 14.7 Å². The fourth-order valence-corrected chi connectivity index (χ4v) is 5.05. The molecular formula is C22H24N4O3S. The Bertz CT molecular complexity index is 1150. The van der Waals surface area contributed by atoms with E-state index in [0.29, 0.717) is 43.9 Å². The maximum Gasteiger partial charge on any atom is 0.265 e. The molecule has 156 valence electrons. The van der Waals surface area contributed by atoms with Gasteiger partial charge < -0.3 is 19.5 Å². The van der Waals surface area contributed by atoms with Gasteiger partial charge in [-0.3, -0.25) is 9.59 Å². The number of hydrogen-bond donors (Lipinski definition) is 1. The van der Waals surface area contributed by atoms with Gasteiger partial charge in [0.25, 0.3) is 11.8 Å². The highest BCUT2D eigenvalue weighted by molar-refractivity contribution is 7.17. The number of carbonyl (C=O) groups is 2. The van der Waals surface area contributed by atoms with E-state index in [1.807, 2.05) is 26.2 Å². The molecule has 1 aliphatic carbocycles. The fraction of sp³-hybridized carbons (Fsp3) is 0.409. The minimum Gasteiger partial charge on any atom is -0.380 e. The average Bonchev–Trinajstić information content (AvgIpc) is 3.23. The smallest absolute Gasteiger partial charge is 0.265 e. The zero-order valence-corrected chi connectivity index (χ0v) is 17.9. The first-order valence-electron chi connectivity index (χ1n) is 10.2. The minimum absolute atomic E-state index is 0.0331. The summed E-state index contributed by atoms with van der Waals surface area (Å²) in [6, 6.07) is 8.30. The Balaban J connectivity index is 1.32. The van der Waals surface area contributed by atoms with Crippen LogP contribution >= 0.6 is 11.3 Å². The molecular weight excluding hydrogens is 400 g/mol. The van der Waals surface area contributed by atoms with Crippen LogP contribution in [0.1, 0.15) is 28.2 Å². The molecule has 8 heteroatoms. The van der Waals surface area contributed by atoms with E-state index in [4.69, 9.17) is 0 Å². The van der Waals surface area contributed by atoms with E-state index in [-0.39, 0.29) is 11.8 Å². The second-order valence-electron chi connectivity index (χ2n) is 8.25. The molecule has 2 amide bonds. The number of fused-ring (bicyclic) bond motifs is 1. The van der Waals surface area contributed by atoms with E-state index < -0.39 is 5.60 Å². The van der Waals surface area contributed by atoms with Crippen molar-refractivity contribution < 1.29 is 14.7 Å². The van der Waals surface area contributed by atoms with Crippen molar-refractivity contribution in [2.24, 2.45) is 7.05 Å². The summed E-state index contributed by atoms with van der Waals surface area (Å²) in [6.07, 6.45) is 3.12. The van der Waals surface area contributed by atoms with Gasteiger partial charge in [-0.15, -0.1) is 11.3 Å². The average molecular weight is 425 g/mol. The van der Waals surface area contributed by atoms with Crippen LogP contribution in [0.2, 0.25) is 0 Å². The number of rotatable bonds is 3. The molecule has 0 atom stereocenters. The first kappa shape index (κ1) is 19.3. The van der Waals surface area contributed by atoms with Crippen molar-refractivity contribution in [2.45, 2.75) is 25.4 Å². The van der Waals surface area contributed by atoms with E-state index in [2.05, 4.69) is 27.8 Å². The summed E-state index contributed by atoms with van der Waals surface area (Å²) in [7, 11) is 2.02. The lowest BCUT2D eigenvalue weighted by molar-refractivity contribution is -0.143. The first-order valence-corrected chi connectivity index (χ1v) is 11.0. The SMILES string of the molecule is Cc1nc(-c2ccc3c(ccn3C)c2)sc1C(=O)N1CCN(C(=O)C2(O)CC2)CC1. The number of hydrogen-bond acceptors (Lipinski definition) is 5. The number of benzene rings is 1. The van der Waals surface area contributed by atoms with Gasteiger partial charge in [-0.2, -0.15) is 0 Å². The third-order valence-corrected chi connectivity index (χ3v) is 7.29. The maximum atomic E-state index is 13.1. The molecule has 1 N–H and O–H groups in total. The quantitative estimate of drug-likeness (QED) is 0.700. The molecule has 2 aliphatic rings. The lowest BCUT2D eigenvalue weighted by atomic mass is 10.1. The van der Waals surface area contributed by atoms with E-state index in [1.165, 1.54) is 11.3 Å². The lowest BCUT2D eigenvalue weighted by Crippen LogP contribution is -2.53. The zero-order chi connectivity index (χ0) is 21.0. The van der Waals surface area contributed by atoms with Gasteiger partial charge in [-0.05, 0) is 44.0 Å². The third-order valence-electron chi connectivity index (χ3n) is 6.10. The number of aryl methyl sites for hydroxylation is 2. The number of thiazole rings is 1. The molecule has 30 heavy (non-hydrogen) atoms. The van der Waals surface area contributed by atoms with Crippen molar-refractivity contribution in [1.82, 2.24) is 19.4 Å². The number of amides is 2. The van der Waals surface area contributed by atoms with Crippen molar-refractivity contribution >= 4 is 34.1 Å². The van der Waals surface area contributed by atoms with Crippen LogP contribution in [-0.2, 0) is 11.8 Å². The number of aromatic nitrogens is 2. The van der Waals surface area contributed by atoms with Crippen molar-refractivity contribution in [3.63, 3.8) is 0 Å². The van der Waals surface area contributed by atoms with Crippen LogP contribution in [0.25, 0.3) is 21.5 Å². The molecule has 0 radical (unpaired) electrons. The van der Waals surface area contributed by atoms with Crippen molar-refractivity contribution in [3.05, 3.63) is 41.0 Å². The first-order chi connectivity index (χ1) is 14.4. The molecule has 0 bridgehead atoms. The van der Waals surface area contributed by atoms with Crippen molar-refractivity contribution in [2.75, 3.05) is 26.2 Å². The molecule has 3 aromatic rings. The summed E-state index contributed by atoms with van der Waals surface area (Å²) in [5.41, 5.74) is 1.76. The Labute approximate surface area is 178 Å². The van der Waals surface area contributed by atoms with Gasteiger partial charge in [0, 0.05) is 55.9 Å². The summed E-state index contributed by atoms with van der Waals surface area (Å²) < 4.78 is 2.08. The zero-order valence-electron chi connectivity index (χ0n) is 17.1. The highest BCUT2D eigenvalue weighted by atomic mass is 32.1. The van der Waals surface area contributed by atoms with Gasteiger partial charge in [-0.25, -0.2) is 4.98 Å². The van der Waals surface area contributed by atoms with Crippen LogP contribution in [0.4, 0.5) is 0 Å². The summed E-state index contributed by atoms with van der Waals surface area (Å²) in [5, 5.41) is 12.0. The standard InChI is InChI=1S/C22H24N4O3S/c1-14-18(20(27)25-9-11-26(12-10-25)21(28)22(29)6-7-22)30-19(23-14)16-3-4-17-15(13-16)5-8-24(17)2/h3-5,8,13,29H,6-7,9-12H2,1-2H3. The fourth-order valence-electron chi connectivity index (χ4n) is 4.02. The van der Waals surface area contributed by atoms with Crippen LogP contribution in [0.3, 0.4) is 0 Å². The van der Waals surface area contributed by atoms with Gasteiger partial charge in [0.15, 0.2) is 0 Å². The van der Waals surface area contributed by atoms with Crippen molar-refractivity contribution in [3.8, 4) is 10.6 Å². The Hall–Kier alpha value is -2.71. The predicted molar refractivity (Wildman–Crippen MR) is 115 cm³/mol. The number of carbonyl (C=O) groups excluding carboxylic acids is 2. The second-order valence-corrected chi connectivity index (χ2v) is 9.25. The third kappa shape index (κ3) is 3.20. The molecule has 1 saturated heterocycles. The molecule has 5 rings (SSSR count). The highest BCUT2D eigenvalue weighted by Crippen LogP contribution is 2.37. The summed E-state index contributed by atoms with van der Waals surface area (Å²) in [4.78, 5) is 34.2. The van der Waals surface area contributed by atoms with Crippen molar-refractivity contribution in [1.29, 1.82) is 0 Å². The molecule has 1 aliphatic heterocycles. The number of aliphatic hydroxyl groups is 1. The van der Waals surface area contributed by atoms with Crippen LogP contribution in [0.5, 0.6) is 0 Å². The van der Waals surface area contributed by atoms with Gasteiger partial charge in [-0.1, -0.05) is 0 Å². The number of piperazine rings is 1. The van der Waals surface area contributed by atoms with Crippen LogP contribution in [-0.4, -0.2) is 68.1 Å². The molecule has 0 unspecified atom stereocenters. The Morgan fingerprint density at radius 3 is 2.50 bits per heavy atom. The Morgan fingerprint density at radius 2 is 1.80 bits per heavy atom. The summed E-state index contributed by atoms with van der Waals surface area (Å²) in [5.74, 6) is -0.226. The summed E-state index contributed by atoms with van der Waals surface area (Å²) >= 11 is 1.42. The summed E-state index contributed by atoms with van der Waals surface area (Å²) in [6.45, 7) is 3.74. The molecule has 3 heterocycles. The van der Waals surface area contributed by atoms with Crippen LogP contribution in [0.15, 0.2) is 30.5 Å². The monoisotopic (exact) mass is 424 g/mol. The molecule has 1 aromatic carbocycles.